The van der Waals surface area contributed by atoms with Crippen molar-refractivity contribution >= 4 is 0 Å². The van der Waals surface area contributed by atoms with Gasteiger partial charge in [0.2, 0.25) is 0 Å². The van der Waals surface area contributed by atoms with Gasteiger partial charge in [-0.25, -0.2) is 4.39 Å². The smallest absolute Gasteiger partial charge is 0.123 e. The summed E-state index contributed by atoms with van der Waals surface area (Å²) in [6.07, 6.45) is 0. The topological polar surface area (TPSA) is 17.0 Å². The van der Waals surface area contributed by atoms with Crippen molar-refractivity contribution in [2.24, 2.45) is 0 Å². The fraction of sp³-hybridized carbons (Fsp3) is 0.375. The number of aromatic nitrogens is 1. The molecule has 0 spiro atoms. The van der Waals surface area contributed by atoms with Gasteiger partial charge >= 0.3 is 0 Å². The Morgan fingerprint density at radius 1 is 1.11 bits per heavy atom. The van der Waals surface area contributed by atoms with Crippen molar-refractivity contribution in [1.29, 1.82) is 0 Å². The van der Waals surface area contributed by atoms with Crippen LogP contribution in [0.25, 0.3) is 0 Å². The summed E-state index contributed by atoms with van der Waals surface area (Å²) in [5.41, 5.74) is 5.07. The van der Waals surface area contributed by atoms with Gasteiger partial charge in [-0.15, -0.1) is 0 Å². The van der Waals surface area contributed by atoms with E-state index in [-0.39, 0.29) is 5.82 Å². The minimum absolute atomic E-state index is 0.185. The molecule has 1 heterocycles. The lowest BCUT2D eigenvalue weighted by Crippen LogP contribution is -2.13. The second kappa shape index (κ2) is 6.02. The molecule has 3 heteroatoms. The van der Waals surface area contributed by atoms with Crippen LogP contribution in [0.2, 0.25) is 0 Å². The fourth-order valence-corrected chi connectivity index (χ4v) is 2.48. The highest BCUT2D eigenvalue weighted by atomic mass is 19.1. The highest BCUT2D eigenvalue weighted by molar-refractivity contribution is 5.26. The number of nitrogens with one attached hydrogen (secondary N) is 1. The summed E-state index contributed by atoms with van der Waals surface area (Å²) in [4.78, 5) is 0. The van der Waals surface area contributed by atoms with Crippen molar-refractivity contribution in [3.05, 3.63) is 58.7 Å². The van der Waals surface area contributed by atoms with Crippen LogP contribution in [0.4, 0.5) is 4.39 Å². The third-order valence-corrected chi connectivity index (χ3v) is 3.55. The Labute approximate surface area is 114 Å². The van der Waals surface area contributed by atoms with Crippen LogP contribution in [0, 0.1) is 19.7 Å². The number of nitrogens with zero attached hydrogens (tertiary/aromatic N) is 1. The highest BCUT2D eigenvalue weighted by Crippen LogP contribution is 2.14. The van der Waals surface area contributed by atoms with E-state index < -0.39 is 0 Å². The van der Waals surface area contributed by atoms with E-state index in [2.05, 4.69) is 36.7 Å². The molecule has 0 unspecified atom stereocenters. The summed E-state index contributed by atoms with van der Waals surface area (Å²) in [6, 6.07) is 8.87. The number of hydrogen-bond acceptors (Lipinski definition) is 1. The summed E-state index contributed by atoms with van der Waals surface area (Å²) < 4.78 is 15.1. The molecular weight excluding hydrogens is 239 g/mol. The standard InChI is InChI=1S/C16H21FN2/c1-4-19-12(2)9-15(13(19)3)11-18-10-14-5-7-16(17)8-6-14/h5-9,18H,4,10-11H2,1-3H3. The number of halogens is 1. The molecule has 0 bridgehead atoms. The molecule has 2 rings (SSSR count). The Morgan fingerprint density at radius 2 is 1.79 bits per heavy atom. The normalized spacial score (nSPS) is 10.9. The zero-order valence-electron chi connectivity index (χ0n) is 11.8. The monoisotopic (exact) mass is 260 g/mol. The Morgan fingerprint density at radius 3 is 2.37 bits per heavy atom. The van der Waals surface area contributed by atoms with Crippen LogP contribution in [0.15, 0.2) is 30.3 Å². The van der Waals surface area contributed by atoms with Gasteiger partial charge in [-0.2, -0.15) is 0 Å². The lowest BCUT2D eigenvalue weighted by Gasteiger charge is -2.07. The Kier molecular flexibility index (Phi) is 4.38. The lowest BCUT2D eigenvalue weighted by molar-refractivity contribution is 0.624. The maximum Gasteiger partial charge on any atom is 0.123 e. The molecule has 0 saturated carbocycles. The molecule has 0 aliphatic heterocycles. The minimum Gasteiger partial charge on any atom is -0.349 e. The molecule has 0 amide bonds. The van der Waals surface area contributed by atoms with Crippen LogP contribution in [-0.4, -0.2) is 4.57 Å². The molecule has 2 aromatic rings. The number of hydrogen-bond donors (Lipinski definition) is 1. The fourth-order valence-electron chi connectivity index (χ4n) is 2.48. The van der Waals surface area contributed by atoms with Gasteiger partial charge in [0.25, 0.3) is 0 Å². The first-order valence-corrected chi connectivity index (χ1v) is 6.72. The second-order valence-electron chi connectivity index (χ2n) is 4.87. The number of rotatable bonds is 5. The van der Waals surface area contributed by atoms with Crippen molar-refractivity contribution in [3.8, 4) is 0 Å². The predicted octanol–water partition coefficient (Wildman–Crippen LogP) is 3.55. The molecule has 2 nitrogen and oxygen atoms in total. The first-order chi connectivity index (χ1) is 9.11. The van der Waals surface area contributed by atoms with Gasteiger partial charge in [0.05, 0.1) is 0 Å². The Balaban J connectivity index is 1.94. The van der Waals surface area contributed by atoms with E-state index in [1.54, 1.807) is 0 Å². The predicted molar refractivity (Wildman–Crippen MR) is 76.5 cm³/mol. The van der Waals surface area contributed by atoms with Crippen molar-refractivity contribution in [1.82, 2.24) is 9.88 Å². The number of aryl methyl sites for hydroxylation is 1. The van der Waals surface area contributed by atoms with Gasteiger partial charge in [0.15, 0.2) is 0 Å². The molecule has 0 fully saturated rings. The van der Waals surface area contributed by atoms with Crippen LogP contribution in [0.5, 0.6) is 0 Å². The molecule has 0 aliphatic rings. The van der Waals surface area contributed by atoms with E-state index in [4.69, 9.17) is 0 Å². The van der Waals surface area contributed by atoms with Crippen molar-refractivity contribution in [2.75, 3.05) is 0 Å². The molecule has 0 aliphatic carbocycles. The van der Waals surface area contributed by atoms with Crippen LogP contribution in [-0.2, 0) is 19.6 Å². The van der Waals surface area contributed by atoms with Gasteiger partial charge < -0.3 is 9.88 Å². The largest absolute Gasteiger partial charge is 0.349 e. The van der Waals surface area contributed by atoms with Crippen molar-refractivity contribution in [2.45, 2.75) is 40.4 Å². The van der Waals surface area contributed by atoms with Crippen molar-refractivity contribution < 1.29 is 4.39 Å². The quantitative estimate of drug-likeness (QED) is 0.870. The molecular formula is C16H21FN2. The second-order valence-corrected chi connectivity index (χ2v) is 4.87. The number of benzene rings is 1. The first-order valence-electron chi connectivity index (χ1n) is 6.72. The molecule has 1 aromatic carbocycles. The molecule has 1 aromatic heterocycles. The Bertz CT molecular complexity index is 541. The average Bonchev–Trinajstić information content (AvgIpc) is 2.66. The van der Waals surface area contributed by atoms with E-state index in [1.165, 1.54) is 29.1 Å². The third kappa shape index (κ3) is 3.24. The zero-order valence-corrected chi connectivity index (χ0v) is 11.8. The first kappa shape index (κ1) is 13.8. The molecule has 0 saturated heterocycles. The molecule has 0 atom stereocenters. The van der Waals surface area contributed by atoms with Gasteiger partial charge in [-0.1, -0.05) is 12.1 Å². The summed E-state index contributed by atoms with van der Waals surface area (Å²) in [7, 11) is 0. The minimum atomic E-state index is -0.185. The van der Waals surface area contributed by atoms with E-state index in [9.17, 15) is 4.39 Å². The van der Waals surface area contributed by atoms with E-state index in [0.717, 1.165) is 25.2 Å². The van der Waals surface area contributed by atoms with Crippen LogP contribution in [0.3, 0.4) is 0 Å². The van der Waals surface area contributed by atoms with Gasteiger partial charge in [0.1, 0.15) is 5.82 Å². The van der Waals surface area contributed by atoms with Gasteiger partial charge in [-0.05, 0) is 50.1 Å². The lowest BCUT2D eigenvalue weighted by atomic mass is 10.2. The maximum atomic E-state index is 12.8. The van der Waals surface area contributed by atoms with Gasteiger partial charge in [0, 0.05) is 31.0 Å². The Hall–Kier alpha value is -1.61. The van der Waals surface area contributed by atoms with E-state index in [0.29, 0.717) is 0 Å². The summed E-state index contributed by atoms with van der Waals surface area (Å²) in [5.74, 6) is -0.185. The summed E-state index contributed by atoms with van der Waals surface area (Å²) in [5, 5.41) is 3.41. The summed E-state index contributed by atoms with van der Waals surface area (Å²) >= 11 is 0. The van der Waals surface area contributed by atoms with Crippen molar-refractivity contribution in [3.63, 3.8) is 0 Å². The van der Waals surface area contributed by atoms with Crippen LogP contribution in [0.1, 0.15) is 29.4 Å². The average molecular weight is 260 g/mol. The highest BCUT2D eigenvalue weighted by Gasteiger charge is 2.06. The molecule has 19 heavy (non-hydrogen) atoms. The molecule has 102 valence electrons. The van der Waals surface area contributed by atoms with E-state index >= 15 is 0 Å². The van der Waals surface area contributed by atoms with Crippen LogP contribution >= 0.6 is 0 Å². The third-order valence-electron chi connectivity index (χ3n) is 3.55. The maximum absolute atomic E-state index is 12.8. The molecule has 1 N–H and O–H groups in total. The molecule has 0 radical (unpaired) electrons. The summed E-state index contributed by atoms with van der Waals surface area (Å²) in [6.45, 7) is 9.07. The zero-order chi connectivity index (χ0) is 13.8. The van der Waals surface area contributed by atoms with Crippen LogP contribution < -0.4 is 5.32 Å². The SMILES string of the molecule is CCn1c(C)cc(CNCc2ccc(F)cc2)c1C. The van der Waals surface area contributed by atoms with Gasteiger partial charge in [-0.3, -0.25) is 0 Å². The van der Waals surface area contributed by atoms with E-state index in [1.807, 2.05) is 12.1 Å².